The summed E-state index contributed by atoms with van der Waals surface area (Å²) in [7, 11) is 4.47. The molecule has 1 saturated carbocycles. The van der Waals surface area contributed by atoms with Crippen molar-refractivity contribution < 1.29 is 23.9 Å². The summed E-state index contributed by atoms with van der Waals surface area (Å²) >= 11 is 0. The van der Waals surface area contributed by atoms with Gasteiger partial charge >= 0.3 is 11.8 Å². The number of fused-ring (bicyclic) bond motifs is 2. The van der Waals surface area contributed by atoms with Gasteiger partial charge in [-0.05, 0) is 55.9 Å². The number of hydrogen-bond donors (Lipinski definition) is 2. The molecule has 3 aliphatic rings. The molecule has 13 heteroatoms. The van der Waals surface area contributed by atoms with Gasteiger partial charge in [0.25, 0.3) is 11.5 Å². The molecular weight excluding hydrogens is 545 g/mol. The molecule has 4 heterocycles. The number of carbonyl (C=O) groups is 3. The first-order valence-electron chi connectivity index (χ1n) is 13.7. The Labute approximate surface area is 241 Å². The molecule has 0 atom stereocenters. The van der Waals surface area contributed by atoms with Gasteiger partial charge in [-0.2, -0.15) is 5.10 Å². The fourth-order valence-electron chi connectivity index (χ4n) is 6.16. The zero-order chi connectivity index (χ0) is 30.4. The molecule has 3 amide bonds. The van der Waals surface area contributed by atoms with Crippen LogP contribution in [-0.2, 0) is 34.8 Å². The SMILES string of the molecule is Cc1cc(CNC(=O)c2nc3n(c(=O)c2O)CC2(Cn4cccn4)CCC3(N(C)C(=O)C(=O)N(C)C)CC2)ccc1F. The summed E-state index contributed by atoms with van der Waals surface area (Å²) in [6.45, 7) is 2.29. The number of nitrogens with one attached hydrogen (secondary N) is 1. The Morgan fingerprint density at radius 3 is 2.45 bits per heavy atom. The van der Waals surface area contributed by atoms with Crippen LogP contribution in [0, 0.1) is 18.2 Å². The summed E-state index contributed by atoms with van der Waals surface area (Å²) in [5.41, 5.74) is -1.87. The number of aromatic nitrogens is 4. The van der Waals surface area contributed by atoms with Crippen molar-refractivity contribution in [1.82, 2.24) is 34.4 Å². The van der Waals surface area contributed by atoms with Gasteiger partial charge in [0.15, 0.2) is 5.69 Å². The molecule has 0 saturated heterocycles. The first-order valence-corrected chi connectivity index (χ1v) is 13.7. The Kier molecular flexibility index (Phi) is 7.37. The normalized spacial score (nSPS) is 20.9. The highest BCUT2D eigenvalue weighted by Gasteiger charge is 2.54. The van der Waals surface area contributed by atoms with Crippen LogP contribution < -0.4 is 10.9 Å². The van der Waals surface area contributed by atoms with E-state index in [4.69, 9.17) is 0 Å². The monoisotopic (exact) mass is 579 g/mol. The van der Waals surface area contributed by atoms with Crippen molar-refractivity contribution in [2.75, 3.05) is 21.1 Å². The van der Waals surface area contributed by atoms with E-state index in [-0.39, 0.29) is 24.7 Å². The number of amides is 3. The van der Waals surface area contributed by atoms with Gasteiger partial charge in [0, 0.05) is 58.6 Å². The number of halogens is 1. The first kappa shape index (κ1) is 29.0. The highest BCUT2D eigenvalue weighted by Crippen LogP contribution is 2.52. The third-order valence-electron chi connectivity index (χ3n) is 8.68. The highest BCUT2D eigenvalue weighted by atomic mass is 19.1. The molecule has 222 valence electrons. The average molecular weight is 580 g/mol. The number of aromatic hydroxyl groups is 1. The predicted molar refractivity (Wildman–Crippen MR) is 149 cm³/mol. The third kappa shape index (κ3) is 4.92. The molecule has 1 aliphatic carbocycles. The molecular formula is C29H34FN7O5. The van der Waals surface area contributed by atoms with Crippen LogP contribution in [0.25, 0.3) is 0 Å². The van der Waals surface area contributed by atoms with Gasteiger partial charge in [-0.1, -0.05) is 12.1 Å². The first-order chi connectivity index (χ1) is 19.9. The molecule has 2 aromatic heterocycles. The van der Waals surface area contributed by atoms with Gasteiger partial charge in [0.2, 0.25) is 5.75 Å². The van der Waals surface area contributed by atoms with E-state index in [0.717, 1.165) is 0 Å². The minimum atomic E-state index is -1.18. The van der Waals surface area contributed by atoms with Gasteiger partial charge in [-0.15, -0.1) is 0 Å². The van der Waals surface area contributed by atoms with E-state index < -0.39 is 45.7 Å². The summed E-state index contributed by atoms with van der Waals surface area (Å²) in [5.74, 6) is -3.34. The molecule has 1 fully saturated rings. The van der Waals surface area contributed by atoms with Crippen LogP contribution >= 0.6 is 0 Å². The fraction of sp³-hybridized carbons (Fsp3) is 0.448. The van der Waals surface area contributed by atoms with Gasteiger partial charge in [0.05, 0.1) is 0 Å². The lowest BCUT2D eigenvalue weighted by molar-refractivity contribution is -0.155. The smallest absolute Gasteiger partial charge is 0.312 e. The Morgan fingerprint density at radius 1 is 1.12 bits per heavy atom. The molecule has 0 unspecified atom stereocenters. The van der Waals surface area contributed by atoms with Gasteiger partial charge in [0.1, 0.15) is 17.2 Å². The number of nitrogens with zero attached hydrogens (tertiary/aromatic N) is 6. The molecule has 12 nitrogen and oxygen atoms in total. The van der Waals surface area contributed by atoms with Crippen LogP contribution in [0.5, 0.6) is 5.75 Å². The molecule has 42 heavy (non-hydrogen) atoms. The van der Waals surface area contributed by atoms with E-state index in [1.807, 2.05) is 12.3 Å². The van der Waals surface area contributed by atoms with Crippen molar-refractivity contribution >= 4 is 17.7 Å². The van der Waals surface area contributed by atoms with Crippen molar-refractivity contribution in [1.29, 1.82) is 0 Å². The van der Waals surface area contributed by atoms with Gasteiger partial charge < -0.3 is 20.2 Å². The van der Waals surface area contributed by atoms with E-state index in [9.17, 15) is 28.7 Å². The number of likely N-dealkylation sites (N-methyl/N-ethyl adjacent to an activating group) is 2. The average Bonchev–Trinajstić information content (AvgIpc) is 3.38. The fourth-order valence-corrected chi connectivity index (χ4v) is 6.16. The van der Waals surface area contributed by atoms with Gasteiger partial charge in [-0.3, -0.25) is 28.4 Å². The molecule has 2 bridgehead atoms. The van der Waals surface area contributed by atoms with Crippen molar-refractivity contribution in [3.63, 3.8) is 0 Å². The van der Waals surface area contributed by atoms with E-state index in [1.54, 1.807) is 23.9 Å². The molecule has 2 N–H and O–H groups in total. The minimum absolute atomic E-state index is 0.00728. The second-order valence-corrected chi connectivity index (χ2v) is 11.6. The Morgan fingerprint density at radius 2 is 1.83 bits per heavy atom. The largest absolute Gasteiger partial charge is 0.501 e. The highest BCUT2D eigenvalue weighted by molar-refractivity contribution is 6.34. The molecule has 6 rings (SSSR count). The summed E-state index contributed by atoms with van der Waals surface area (Å²) in [6.07, 6.45) is 5.42. The standard InChI is InChI=1S/C29H34FN7O5/c1-18-14-19(6-7-20(18)30)15-31-23(39)21-22(38)24(40)37-17-28(16-36-13-5-12-32-36)8-10-29(11-9-28,27(37)33-21)35(4)26(42)25(41)34(2)3/h5-7,12-14,38H,8-11,15-17H2,1-4H3,(H,31,39). The van der Waals surface area contributed by atoms with Crippen molar-refractivity contribution in [3.8, 4) is 5.75 Å². The molecule has 1 aromatic carbocycles. The lowest BCUT2D eigenvalue weighted by Gasteiger charge is -2.46. The van der Waals surface area contributed by atoms with Crippen molar-refractivity contribution in [2.24, 2.45) is 5.41 Å². The Hall–Kier alpha value is -4.55. The summed E-state index contributed by atoms with van der Waals surface area (Å²) < 4.78 is 16.8. The molecule has 2 aliphatic heterocycles. The van der Waals surface area contributed by atoms with Crippen molar-refractivity contribution in [2.45, 2.75) is 57.8 Å². The summed E-state index contributed by atoms with van der Waals surface area (Å²) in [4.78, 5) is 60.2. The number of aryl methyl sites for hydroxylation is 1. The Balaban J connectivity index is 1.58. The minimum Gasteiger partial charge on any atom is -0.501 e. The zero-order valence-corrected chi connectivity index (χ0v) is 24.1. The summed E-state index contributed by atoms with van der Waals surface area (Å²) in [5, 5.41) is 17.9. The van der Waals surface area contributed by atoms with Crippen LogP contribution in [0.2, 0.25) is 0 Å². The van der Waals surface area contributed by atoms with Crippen LogP contribution in [-0.4, -0.2) is 73.1 Å². The van der Waals surface area contributed by atoms with Gasteiger partial charge in [-0.25, -0.2) is 9.37 Å². The second-order valence-electron chi connectivity index (χ2n) is 11.6. The van der Waals surface area contributed by atoms with Crippen LogP contribution in [0.3, 0.4) is 0 Å². The van der Waals surface area contributed by atoms with E-state index in [2.05, 4.69) is 15.4 Å². The van der Waals surface area contributed by atoms with E-state index in [1.165, 1.54) is 47.6 Å². The predicted octanol–water partition coefficient (Wildman–Crippen LogP) is 1.54. The van der Waals surface area contributed by atoms with E-state index in [0.29, 0.717) is 43.4 Å². The maximum atomic E-state index is 13.7. The lowest BCUT2D eigenvalue weighted by Crippen LogP contribution is -2.54. The number of hydrogen-bond acceptors (Lipinski definition) is 7. The molecule has 3 aromatic rings. The zero-order valence-electron chi connectivity index (χ0n) is 24.1. The van der Waals surface area contributed by atoms with Crippen molar-refractivity contribution in [3.05, 3.63) is 75.5 Å². The van der Waals surface area contributed by atoms with E-state index >= 15 is 0 Å². The van der Waals surface area contributed by atoms with Crippen LogP contribution in [0.1, 0.15) is 53.1 Å². The molecule has 0 spiro atoms. The van der Waals surface area contributed by atoms with Crippen LogP contribution in [0.4, 0.5) is 4.39 Å². The topological polar surface area (TPSA) is 143 Å². The molecule has 0 radical (unpaired) electrons. The maximum absolute atomic E-state index is 13.7. The third-order valence-corrected chi connectivity index (χ3v) is 8.68. The number of carbonyl (C=O) groups excluding carboxylic acids is 3. The summed E-state index contributed by atoms with van der Waals surface area (Å²) in [6, 6.07) is 6.22. The number of benzene rings is 1. The Bertz CT molecular complexity index is 1610. The quantitative estimate of drug-likeness (QED) is 0.422. The lowest BCUT2D eigenvalue weighted by atomic mass is 9.67. The second kappa shape index (κ2) is 10.7. The van der Waals surface area contributed by atoms with Crippen LogP contribution in [0.15, 0.2) is 41.5 Å². The number of rotatable bonds is 6. The maximum Gasteiger partial charge on any atom is 0.312 e.